The molecule has 1 aliphatic rings. The number of carbonyl (C=O) groups is 1. The number of aryl methyl sites for hydroxylation is 2. The second-order valence-corrected chi connectivity index (χ2v) is 5.69. The summed E-state index contributed by atoms with van der Waals surface area (Å²) in [5, 5.41) is 1.15. The molecule has 1 N–H and O–H groups in total. The Morgan fingerprint density at radius 1 is 1.25 bits per heavy atom. The minimum absolute atomic E-state index is 0.133. The summed E-state index contributed by atoms with van der Waals surface area (Å²) in [6.07, 6.45) is 3.13. The second-order valence-electron chi connectivity index (χ2n) is 5.69. The van der Waals surface area contributed by atoms with Crippen molar-refractivity contribution in [3.63, 3.8) is 0 Å². The van der Waals surface area contributed by atoms with Gasteiger partial charge in [-0.25, -0.2) is 0 Å². The van der Waals surface area contributed by atoms with E-state index in [0.29, 0.717) is 0 Å². The molecule has 0 saturated carbocycles. The first-order valence-corrected chi connectivity index (χ1v) is 7.10. The normalized spacial score (nSPS) is 15.6. The lowest BCUT2D eigenvalue weighted by Gasteiger charge is -2.25. The van der Waals surface area contributed by atoms with Crippen LogP contribution in [0, 0.1) is 13.8 Å². The number of nitrogens with one attached hydrogen (secondary N) is 1. The van der Waals surface area contributed by atoms with Crippen LogP contribution in [0.4, 0.5) is 0 Å². The zero-order valence-corrected chi connectivity index (χ0v) is 12.3. The monoisotopic (exact) mass is 268 g/mol. The Labute approximate surface area is 119 Å². The van der Waals surface area contributed by atoms with Crippen molar-refractivity contribution in [2.45, 2.75) is 27.2 Å². The van der Waals surface area contributed by atoms with E-state index in [1.165, 1.54) is 16.8 Å². The van der Waals surface area contributed by atoms with Crippen molar-refractivity contribution in [2.75, 3.05) is 13.1 Å². The summed E-state index contributed by atoms with van der Waals surface area (Å²) in [6.45, 7) is 7.84. The summed E-state index contributed by atoms with van der Waals surface area (Å²) in [5.41, 5.74) is 5.66. The molecule has 1 aromatic carbocycles. The number of H-pyrrole nitrogens is 1. The number of aromatic amines is 1. The molecule has 0 aliphatic carbocycles. The number of rotatable bonds is 1. The van der Waals surface area contributed by atoms with Gasteiger partial charge < -0.3 is 9.88 Å². The van der Waals surface area contributed by atoms with Crippen LogP contribution in [-0.4, -0.2) is 28.9 Å². The van der Waals surface area contributed by atoms with E-state index in [-0.39, 0.29) is 5.91 Å². The third kappa shape index (κ3) is 2.13. The van der Waals surface area contributed by atoms with Crippen molar-refractivity contribution in [1.82, 2.24) is 9.88 Å². The van der Waals surface area contributed by atoms with Gasteiger partial charge in [0.2, 0.25) is 0 Å². The summed E-state index contributed by atoms with van der Waals surface area (Å²) in [6, 6.07) is 5.94. The molecule has 3 rings (SSSR count). The molecule has 0 fully saturated rings. The summed E-state index contributed by atoms with van der Waals surface area (Å²) in [5.74, 6) is 0.133. The maximum atomic E-state index is 12.6. The van der Waals surface area contributed by atoms with Crippen LogP contribution in [0.1, 0.15) is 35.0 Å². The Hall–Kier alpha value is -2.03. The van der Waals surface area contributed by atoms with E-state index >= 15 is 0 Å². The third-order valence-corrected chi connectivity index (χ3v) is 4.28. The SMILES string of the molecule is CC1=CCN(C(=O)c2ccc3[nH]c(C)c(C)c3c2)CC1. The van der Waals surface area contributed by atoms with Gasteiger partial charge in [0, 0.05) is 35.2 Å². The summed E-state index contributed by atoms with van der Waals surface area (Å²) >= 11 is 0. The molecule has 3 nitrogen and oxygen atoms in total. The van der Waals surface area contributed by atoms with E-state index in [1.54, 1.807) is 0 Å². The van der Waals surface area contributed by atoms with Gasteiger partial charge in [-0.2, -0.15) is 0 Å². The minimum Gasteiger partial charge on any atom is -0.358 e. The Kier molecular flexibility index (Phi) is 3.13. The van der Waals surface area contributed by atoms with Gasteiger partial charge in [0.15, 0.2) is 0 Å². The molecular weight excluding hydrogens is 248 g/mol. The second kappa shape index (κ2) is 4.82. The summed E-state index contributed by atoms with van der Waals surface area (Å²) in [7, 11) is 0. The highest BCUT2D eigenvalue weighted by molar-refractivity contribution is 5.99. The van der Waals surface area contributed by atoms with Crippen LogP contribution in [0.15, 0.2) is 29.8 Å². The van der Waals surface area contributed by atoms with Gasteiger partial charge in [-0.15, -0.1) is 0 Å². The largest absolute Gasteiger partial charge is 0.358 e. The van der Waals surface area contributed by atoms with Crippen LogP contribution in [0.3, 0.4) is 0 Å². The molecule has 0 bridgehead atoms. The van der Waals surface area contributed by atoms with Crippen molar-refractivity contribution in [2.24, 2.45) is 0 Å². The zero-order valence-electron chi connectivity index (χ0n) is 12.3. The van der Waals surface area contributed by atoms with Crippen molar-refractivity contribution in [3.05, 3.63) is 46.7 Å². The summed E-state index contributed by atoms with van der Waals surface area (Å²) < 4.78 is 0. The van der Waals surface area contributed by atoms with Crippen molar-refractivity contribution < 1.29 is 4.79 Å². The lowest BCUT2D eigenvalue weighted by Crippen LogP contribution is -2.34. The van der Waals surface area contributed by atoms with E-state index < -0.39 is 0 Å². The van der Waals surface area contributed by atoms with Gasteiger partial charge in [-0.1, -0.05) is 11.6 Å². The molecule has 0 saturated heterocycles. The van der Waals surface area contributed by atoms with Crippen LogP contribution in [0.25, 0.3) is 10.9 Å². The summed E-state index contributed by atoms with van der Waals surface area (Å²) in [4.78, 5) is 17.8. The van der Waals surface area contributed by atoms with Crippen molar-refractivity contribution >= 4 is 16.8 Å². The molecule has 3 heteroatoms. The topological polar surface area (TPSA) is 36.1 Å². The Morgan fingerprint density at radius 2 is 2.05 bits per heavy atom. The fourth-order valence-electron chi connectivity index (χ4n) is 2.73. The highest BCUT2D eigenvalue weighted by Crippen LogP contribution is 2.23. The highest BCUT2D eigenvalue weighted by Gasteiger charge is 2.18. The van der Waals surface area contributed by atoms with Crippen LogP contribution in [0.2, 0.25) is 0 Å². The number of hydrogen-bond donors (Lipinski definition) is 1. The lowest BCUT2D eigenvalue weighted by atomic mass is 10.1. The van der Waals surface area contributed by atoms with E-state index in [9.17, 15) is 4.79 Å². The number of hydrogen-bond acceptors (Lipinski definition) is 1. The molecule has 2 aromatic rings. The van der Waals surface area contributed by atoms with Gasteiger partial charge in [-0.3, -0.25) is 4.79 Å². The van der Waals surface area contributed by atoms with Gasteiger partial charge in [0.1, 0.15) is 0 Å². The predicted molar refractivity (Wildman–Crippen MR) is 82.1 cm³/mol. The number of aromatic nitrogens is 1. The molecule has 0 atom stereocenters. The smallest absolute Gasteiger partial charge is 0.254 e. The molecule has 104 valence electrons. The Morgan fingerprint density at radius 3 is 2.75 bits per heavy atom. The first-order valence-electron chi connectivity index (χ1n) is 7.10. The molecule has 0 radical (unpaired) electrons. The molecule has 1 amide bonds. The third-order valence-electron chi connectivity index (χ3n) is 4.28. The number of nitrogens with zero attached hydrogens (tertiary/aromatic N) is 1. The van der Waals surface area contributed by atoms with Crippen LogP contribution >= 0.6 is 0 Å². The van der Waals surface area contributed by atoms with Gasteiger partial charge in [0.05, 0.1) is 0 Å². The first-order chi connectivity index (χ1) is 9.56. The molecule has 1 aliphatic heterocycles. The Bertz CT molecular complexity index is 709. The first kappa shape index (κ1) is 13.0. The molecule has 0 unspecified atom stereocenters. The van der Waals surface area contributed by atoms with E-state index in [4.69, 9.17) is 0 Å². The number of fused-ring (bicyclic) bond motifs is 1. The minimum atomic E-state index is 0.133. The number of carbonyl (C=O) groups excluding carboxylic acids is 1. The quantitative estimate of drug-likeness (QED) is 0.788. The fourth-order valence-corrected chi connectivity index (χ4v) is 2.73. The van der Waals surface area contributed by atoms with E-state index in [1.807, 2.05) is 23.1 Å². The average Bonchev–Trinajstić information content (AvgIpc) is 2.74. The standard InChI is InChI=1S/C17H20N2O/c1-11-6-8-19(9-7-11)17(20)14-4-5-16-15(10-14)12(2)13(3)18-16/h4-6,10,18H,7-9H2,1-3H3. The van der Waals surface area contributed by atoms with Crippen LogP contribution in [0.5, 0.6) is 0 Å². The van der Waals surface area contributed by atoms with Gasteiger partial charge in [-0.05, 0) is 51.0 Å². The van der Waals surface area contributed by atoms with E-state index in [0.717, 1.165) is 36.0 Å². The fraction of sp³-hybridized carbons (Fsp3) is 0.353. The maximum absolute atomic E-state index is 12.6. The number of benzene rings is 1. The molecule has 1 aromatic heterocycles. The molecule has 0 spiro atoms. The lowest BCUT2D eigenvalue weighted by molar-refractivity contribution is 0.0769. The average molecular weight is 268 g/mol. The molecular formula is C17H20N2O. The Balaban J connectivity index is 1.94. The van der Waals surface area contributed by atoms with Gasteiger partial charge >= 0.3 is 0 Å². The number of amides is 1. The highest BCUT2D eigenvalue weighted by atomic mass is 16.2. The predicted octanol–water partition coefficient (Wildman–Crippen LogP) is 3.58. The van der Waals surface area contributed by atoms with E-state index in [2.05, 4.69) is 31.8 Å². The zero-order chi connectivity index (χ0) is 14.3. The maximum Gasteiger partial charge on any atom is 0.254 e. The molecule has 2 heterocycles. The van der Waals surface area contributed by atoms with Crippen molar-refractivity contribution in [3.8, 4) is 0 Å². The van der Waals surface area contributed by atoms with Crippen LogP contribution in [-0.2, 0) is 0 Å². The van der Waals surface area contributed by atoms with Crippen molar-refractivity contribution in [1.29, 1.82) is 0 Å². The van der Waals surface area contributed by atoms with Gasteiger partial charge in [0.25, 0.3) is 5.91 Å². The van der Waals surface area contributed by atoms with Crippen LogP contribution < -0.4 is 0 Å². The molecule has 20 heavy (non-hydrogen) atoms.